The molecule has 1 N–H and O–H groups in total. The van der Waals surface area contributed by atoms with E-state index in [9.17, 15) is 9.18 Å². The quantitative estimate of drug-likeness (QED) is 0.503. The first-order chi connectivity index (χ1) is 13.7. The minimum atomic E-state index is -0.195. The summed E-state index contributed by atoms with van der Waals surface area (Å²) in [7, 11) is 1.85. The number of anilines is 1. The molecule has 2 aromatic carbocycles. The van der Waals surface area contributed by atoms with Crippen molar-refractivity contribution >= 4 is 22.8 Å². The van der Waals surface area contributed by atoms with Crippen LogP contribution < -0.4 is 5.32 Å². The predicted octanol–water partition coefficient (Wildman–Crippen LogP) is 4.60. The second kappa shape index (κ2) is 9.57. The monoisotopic (exact) mass is 394 g/mol. The van der Waals surface area contributed by atoms with Gasteiger partial charge < -0.3 is 5.32 Å². The first kappa shape index (κ1) is 19.4. The van der Waals surface area contributed by atoms with Crippen molar-refractivity contribution in [2.75, 3.05) is 12.4 Å². The Labute approximate surface area is 166 Å². The Hall–Kier alpha value is -3.32. The van der Waals surface area contributed by atoms with Crippen molar-refractivity contribution in [3.8, 4) is 5.69 Å². The SMILES string of the molecule is CNc1ncc(Cc2ccc(F)cc2)s1.O=Cc1ccn(-c2ccccc2)n1. The summed E-state index contributed by atoms with van der Waals surface area (Å²) in [6.45, 7) is 0. The Morgan fingerprint density at radius 3 is 2.46 bits per heavy atom. The summed E-state index contributed by atoms with van der Waals surface area (Å²) in [6, 6.07) is 17.9. The third kappa shape index (κ3) is 5.34. The first-order valence-corrected chi connectivity index (χ1v) is 9.43. The zero-order valence-corrected chi connectivity index (χ0v) is 16.1. The van der Waals surface area contributed by atoms with E-state index in [1.165, 1.54) is 17.0 Å². The van der Waals surface area contributed by atoms with Crippen molar-refractivity contribution < 1.29 is 9.18 Å². The highest BCUT2D eigenvalue weighted by Crippen LogP contribution is 2.20. The standard InChI is InChI=1S/C11H11FN2S.C10H8N2O/c1-13-11-14-7-10(15-11)6-8-2-4-9(12)5-3-8;13-8-9-6-7-12(11-9)10-4-2-1-3-5-10/h2-5,7H,6H2,1H3,(H,13,14);1-8H. The summed E-state index contributed by atoms with van der Waals surface area (Å²) in [6.07, 6.45) is 5.15. The molecule has 0 radical (unpaired) electrons. The maximum atomic E-state index is 12.7. The fourth-order valence-corrected chi connectivity index (χ4v) is 3.23. The van der Waals surface area contributed by atoms with Crippen LogP contribution in [-0.2, 0) is 6.42 Å². The molecule has 2 heterocycles. The second-order valence-electron chi connectivity index (χ2n) is 5.82. The molecule has 4 aromatic rings. The van der Waals surface area contributed by atoms with Crippen molar-refractivity contribution in [2.24, 2.45) is 0 Å². The van der Waals surface area contributed by atoms with Crippen LogP contribution in [0.15, 0.2) is 73.1 Å². The molecule has 0 amide bonds. The van der Waals surface area contributed by atoms with Gasteiger partial charge >= 0.3 is 0 Å². The largest absolute Gasteiger partial charge is 0.365 e. The van der Waals surface area contributed by atoms with E-state index in [-0.39, 0.29) is 5.82 Å². The number of aldehydes is 1. The number of carbonyl (C=O) groups is 1. The number of nitrogens with one attached hydrogen (secondary N) is 1. The van der Waals surface area contributed by atoms with Gasteiger partial charge in [0.2, 0.25) is 0 Å². The lowest BCUT2D eigenvalue weighted by Crippen LogP contribution is -1.94. The fraction of sp³-hybridized carbons (Fsp3) is 0.0952. The Bertz CT molecular complexity index is 1010. The fourth-order valence-electron chi connectivity index (χ4n) is 2.43. The lowest BCUT2D eigenvalue weighted by molar-refractivity contribution is 0.111. The Morgan fingerprint density at radius 2 is 1.86 bits per heavy atom. The number of aromatic nitrogens is 3. The number of hydrogen-bond acceptors (Lipinski definition) is 5. The molecule has 7 heteroatoms. The van der Waals surface area contributed by atoms with Gasteiger partial charge in [0.05, 0.1) is 5.69 Å². The lowest BCUT2D eigenvalue weighted by atomic mass is 10.1. The van der Waals surface area contributed by atoms with E-state index in [1.807, 2.05) is 43.6 Å². The van der Waals surface area contributed by atoms with Gasteiger partial charge in [0.1, 0.15) is 11.5 Å². The van der Waals surface area contributed by atoms with Crippen LogP contribution in [0.5, 0.6) is 0 Å². The number of rotatable bonds is 5. The molecule has 5 nitrogen and oxygen atoms in total. The summed E-state index contributed by atoms with van der Waals surface area (Å²) in [4.78, 5) is 15.7. The first-order valence-electron chi connectivity index (χ1n) is 8.61. The van der Waals surface area contributed by atoms with Crippen molar-refractivity contribution in [1.29, 1.82) is 0 Å². The van der Waals surface area contributed by atoms with E-state index in [0.717, 1.165) is 29.1 Å². The molecule has 2 aromatic heterocycles. The van der Waals surface area contributed by atoms with Gasteiger partial charge in [-0.1, -0.05) is 30.3 Å². The van der Waals surface area contributed by atoms with Crippen LogP contribution in [0.4, 0.5) is 9.52 Å². The molecule has 4 rings (SSSR count). The van der Waals surface area contributed by atoms with Crippen molar-refractivity contribution in [2.45, 2.75) is 6.42 Å². The van der Waals surface area contributed by atoms with E-state index in [2.05, 4.69) is 15.4 Å². The smallest absolute Gasteiger partial charge is 0.182 e. The van der Waals surface area contributed by atoms with E-state index >= 15 is 0 Å². The number of nitrogens with zero attached hydrogens (tertiary/aromatic N) is 3. The summed E-state index contributed by atoms with van der Waals surface area (Å²) in [5.41, 5.74) is 2.50. The maximum absolute atomic E-state index is 12.7. The zero-order chi connectivity index (χ0) is 19.8. The molecule has 142 valence electrons. The molecule has 0 fully saturated rings. The number of halogens is 1. The van der Waals surface area contributed by atoms with Crippen LogP contribution in [-0.4, -0.2) is 28.1 Å². The van der Waals surface area contributed by atoms with E-state index in [4.69, 9.17) is 0 Å². The third-order valence-electron chi connectivity index (χ3n) is 3.81. The average molecular weight is 394 g/mol. The van der Waals surface area contributed by atoms with Crippen LogP contribution >= 0.6 is 11.3 Å². The summed E-state index contributed by atoms with van der Waals surface area (Å²) >= 11 is 1.62. The summed E-state index contributed by atoms with van der Waals surface area (Å²) in [5.74, 6) is -0.195. The minimum Gasteiger partial charge on any atom is -0.365 e. The van der Waals surface area contributed by atoms with Gasteiger partial charge in [-0.3, -0.25) is 4.79 Å². The highest BCUT2D eigenvalue weighted by atomic mass is 32.1. The molecule has 0 atom stereocenters. The second-order valence-corrected chi connectivity index (χ2v) is 6.94. The molecule has 0 aliphatic rings. The van der Waals surface area contributed by atoms with E-state index in [1.54, 1.807) is 40.4 Å². The number of thiazole rings is 1. The molecule has 0 spiro atoms. The Balaban J connectivity index is 0.000000162. The Kier molecular flexibility index (Phi) is 6.64. The lowest BCUT2D eigenvalue weighted by Gasteiger charge is -1.98. The van der Waals surface area contributed by atoms with Crippen molar-refractivity contribution in [3.63, 3.8) is 0 Å². The molecule has 0 aliphatic heterocycles. The van der Waals surface area contributed by atoms with Crippen LogP contribution in [0.25, 0.3) is 5.69 Å². The number of hydrogen-bond donors (Lipinski definition) is 1. The van der Waals surface area contributed by atoms with Gasteiger partial charge in [-0.05, 0) is 35.9 Å². The highest BCUT2D eigenvalue weighted by molar-refractivity contribution is 7.15. The minimum absolute atomic E-state index is 0.195. The number of carbonyl (C=O) groups excluding carboxylic acids is 1. The number of para-hydroxylation sites is 1. The van der Waals surface area contributed by atoms with Crippen molar-refractivity contribution in [1.82, 2.24) is 14.8 Å². The molecular formula is C21H19FN4OS. The summed E-state index contributed by atoms with van der Waals surface area (Å²) < 4.78 is 14.3. The molecule has 0 saturated heterocycles. The third-order valence-corrected chi connectivity index (χ3v) is 4.83. The predicted molar refractivity (Wildman–Crippen MR) is 110 cm³/mol. The molecule has 28 heavy (non-hydrogen) atoms. The van der Waals surface area contributed by atoms with Gasteiger partial charge in [0, 0.05) is 30.7 Å². The highest BCUT2D eigenvalue weighted by Gasteiger charge is 2.02. The molecule has 0 bridgehead atoms. The van der Waals surface area contributed by atoms with Gasteiger partial charge in [-0.25, -0.2) is 14.1 Å². The van der Waals surface area contributed by atoms with Crippen molar-refractivity contribution in [3.05, 3.63) is 95.0 Å². The Morgan fingerprint density at radius 1 is 1.11 bits per heavy atom. The summed E-state index contributed by atoms with van der Waals surface area (Å²) in [5, 5.41) is 7.95. The van der Waals surface area contributed by atoms with Gasteiger partial charge in [0.15, 0.2) is 11.4 Å². The molecule has 0 aliphatic carbocycles. The van der Waals surface area contributed by atoms with Crippen LogP contribution in [0.3, 0.4) is 0 Å². The molecule has 0 unspecified atom stereocenters. The topological polar surface area (TPSA) is 59.8 Å². The van der Waals surface area contributed by atoms with Crippen LogP contribution in [0, 0.1) is 5.82 Å². The van der Waals surface area contributed by atoms with Crippen LogP contribution in [0.1, 0.15) is 20.9 Å². The normalized spacial score (nSPS) is 10.1. The van der Waals surface area contributed by atoms with E-state index < -0.39 is 0 Å². The average Bonchev–Trinajstić information content (AvgIpc) is 3.40. The van der Waals surface area contributed by atoms with Gasteiger partial charge in [-0.15, -0.1) is 11.3 Å². The molecule has 0 saturated carbocycles. The van der Waals surface area contributed by atoms with Crippen LogP contribution in [0.2, 0.25) is 0 Å². The zero-order valence-electron chi connectivity index (χ0n) is 15.2. The maximum Gasteiger partial charge on any atom is 0.182 e. The number of benzene rings is 2. The molecular weight excluding hydrogens is 375 g/mol. The van der Waals surface area contributed by atoms with Gasteiger partial charge in [-0.2, -0.15) is 5.10 Å². The van der Waals surface area contributed by atoms with E-state index in [0.29, 0.717) is 5.69 Å². The van der Waals surface area contributed by atoms with Gasteiger partial charge in [0.25, 0.3) is 0 Å².